The van der Waals surface area contributed by atoms with Gasteiger partial charge in [-0.05, 0) is 37.1 Å². The van der Waals surface area contributed by atoms with Crippen LogP contribution in [-0.4, -0.2) is 38.2 Å². The van der Waals surface area contributed by atoms with Gasteiger partial charge in [-0.2, -0.15) is 0 Å². The zero-order chi connectivity index (χ0) is 16.2. The summed E-state index contributed by atoms with van der Waals surface area (Å²) in [6, 6.07) is 7.74. The molecule has 1 atom stereocenters. The lowest BCUT2D eigenvalue weighted by atomic mass is 10.2. The van der Waals surface area contributed by atoms with Crippen LogP contribution in [0.25, 0.3) is 11.4 Å². The maximum Gasteiger partial charge on any atom is 0.192 e. The molecule has 0 bridgehead atoms. The van der Waals surface area contributed by atoms with Crippen molar-refractivity contribution in [3.05, 3.63) is 48.7 Å². The van der Waals surface area contributed by atoms with Gasteiger partial charge in [0.05, 0.1) is 18.9 Å². The molecule has 0 spiro atoms. The molecule has 0 N–H and O–H groups in total. The lowest BCUT2D eigenvalue weighted by molar-refractivity contribution is 0.129. The molecule has 0 aromatic carbocycles. The van der Waals surface area contributed by atoms with Gasteiger partial charge in [0.2, 0.25) is 0 Å². The Labute approximate surface area is 144 Å². The lowest BCUT2D eigenvalue weighted by Gasteiger charge is -2.11. The van der Waals surface area contributed by atoms with Crippen LogP contribution in [0, 0.1) is 0 Å². The first-order valence-corrected chi connectivity index (χ1v) is 8.99. The molecule has 0 saturated carbocycles. The van der Waals surface area contributed by atoms with Crippen LogP contribution in [0.15, 0.2) is 52.5 Å². The van der Waals surface area contributed by atoms with E-state index in [9.17, 15) is 0 Å². The van der Waals surface area contributed by atoms with Gasteiger partial charge < -0.3 is 9.15 Å². The first kappa shape index (κ1) is 15.4. The Hall–Kier alpha value is -2.12. The number of aromatic nitrogens is 4. The van der Waals surface area contributed by atoms with Crippen LogP contribution >= 0.6 is 11.8 Å². The first-order chi connectivity index (χ1) is 11.9. The normalized spacial score (nSPS) is 17.4. The predicted molar refractivity (Wildman–Crippen MR) is 90.8 cm³/mol. The highest BCUT2D eigenvalue weighted by Crippen LogP contribution is 2.27. The summed E-state index contributed by atoms with van der Waals surface area (Å²) in [4.78, 5) is 4.19. The number of rotatable bonds is 6. The maximum atomic E-state index is 5.71. The maximum absolute atomic E-state index is 5.71. The molecule has 3 aromatic heterocycles. The number of nitrogens with zero attached hydrogens (tertiary/aromatic N) is 4. The summed E-state index contributed by atoms with van der Waals surface area (Å²) in [5.74, 6) is 2.57. The molecule has 3 aromatic rings. The zero-order valence-corrected chi connectivity index (χ0v) is 14.0. The lowest BCUT2D eigenvalue weighted by Crippen LogP contribution is -2.10. The van der Waals surface area contributed by atoms with Crippen LogP contribution in [0.5, 0.6) is 0 Å². The second-order valence-electron chi connectivity index (χ2n) is 5.66. The smallest absolute Gasteiger partial charge is 0.192 e. The van der Waals surface area contributed by atoms with E-state index in [2.05, 4.69) is 19.7 Å². The van der Waals surface area contributed by atoms with Gasteiger partial charge in [-0.25, -0.2) is 0 Å². The van der Waals surface area contributed by atoms with Gasteiger partial charge in [-0.15, -0.1) is 10.2 Å². The summed E-state index contributed by atoms with van der Waals surface area (Å²) in [5, 5.41) is 9.64. The van der Waals surface area contributed by atoms with E-state index in [0.717, 1.165) is 47.5 Å². The molecule has 0 radical (unpaired) electrons. The van der Waals surface area contributed by atoms with Gasteiger partial charge in [0, 0.05) is 30.3 Å². The monoisotopic (exact) mass is 342 g/mol. The number of hydrogen-bond donors (Lipinski definition) is 0. The minimum Gasteiger partial charge on any atom is -0.467 e. The molecule has 1 fully saturated rings. The minimum absolute atomic E-state index is 0.311. The minimum atomic E-state index is 0.311. The molecule has 1 saturated heterocycles. The molecule has 4 heterocycles. The van der Waals surface area contributed by atoms with Gasteiger partial charge in [0.15, 0.2) is 11.0 Å². The number of ether oxygens (including phenoxy) is 1. The van der Waals surface area contributed by atoms with Gasteiger partial charge in [0.1, 0.15) is 5.76 Å². The largest absolute Gasteiger partial charge is 0.467 e. The zero-order valence-electron chi connectivity index (χ0n) is 13.2. The number of pyridine rings is 1. The Morgan fingerprint density at radius 2 is 2.25 bits per heavy atom. The van der Waals surface area contributed by atoms with Crippen molar-refractivity contribution in [1.29, 1.82) is 0 Å². The first-order valence-electron chi connectivity index (χ1n) is 8.00. The van der Waals surface area contributed by atoms with E-state index < -0.39 is 0 Å². The van der Waals surface area contributed by atoms with Crippen LogP contribution in [0.2, 0.25) is 0 Å². The third kappa shape index (κ3) is 3.37. The highest BCUT2D eigenvalue weighted by molar-refractivity contribution is 7.99. The van der Waals surface area contributed by atoms with E-state index in [4.69, 9.17) is 9.15 Å². The molecule has 7 heteroatoms. The van der Waals surface area contributed by atoms with Crippen LogP contribution in [0.3, 0.4) is 0 Å². The summed E-state index contributed by atoms with van der Waals surface area (Å²) < 4.78 is 13.3. The molecular weight excluding hydrogens is 324 g/mol. The number of furan rings is 1. The summed E-state index contributed by atoms with van der Waals surface area (Å²) >= 11 is 1.68. The van der Waals surface area contributed by atoms with Crippen molar-refractivity contribution in [2.24, 2.45) is 0 Å². The van der Waals surface area contributed by atoms with Crippen molar-refractivity contribution < 1.29 is 9.15 Å². The van der Waals surface area contributed by atoms with Crippen LogP contribution in [-0.2, 0) is 11.3 Å². The molecule has 6 nitrogen and oxygen atoms in total. The highest BCUT2D eigenvalue weighted by Gasteiger charge is 2.20. The average Bonchev–Trinajstić information content (AvgIpc) is 3.37. The predicted octanol–water partition coefficient (Wildman–Crippen LogP) is 3.25. The molecule has 1 unspecified atom stereocenters. The second kappa shape index (κ2) is 7.19. The molecule has 0 aliphatic carbocycles. The Morgan fingerprint density at radius 3 is 3.00 bits per heavy atom. The van der Waals surface area contributed by atoms with E-state index in [1.165, 1.54) is 0 Å². The van der Waals surface area contributed by atoms with Crippen LogP contribution < -0.4 is 0 Å². The third-order valence-corrected chi connectivity index (χ3v) is 5.05. The van der Waals surface area contributed by atoms with E-state index >= 15 is 0 Å². The fraction of sp³-hybridized carbons (Fsp3) is 0.353. The van der Waals surface area contributed by atoms with Gasteiger partial charge in [-0.1, -0.05) is 11.8 Å². The fourth-order valence-corrected chi connectivity index (χ4v) is 3.75. The molecule has 1 aliphatic rings. The summed E-state index contributed by atoms with van der Waals surface area (Å²) in [5.41, 5.74) is 0.945. The van der Waals surface area contributed by atoms with Crippen molar-refractivity contribution in [3.8, 4) is 11.4 Å². The molecule has 24 heavy (non-hydrogen) atoms. The van der Waals surface area contributed by atoms with E-state index in [0.29, 0.717) is 12.6 Å². The van der Waals surface area contributed by atoms with Gasteiger partial charge in [0.25, 0.3) is 0 Å². The van der Waals surface area contributed by atoms with Crippen molar-refractivity contribution >= 4 is 11.8 Å². The SMILES string of the molecule is c1cncc(-c2nnc(SCC3CCCO3)n2Cc2ccco2)c1. The van der Waals surface area contributed by atoms with Gasteiger partial charge >= 0.3 is 0 Å². The summed E-state index contributed by atoms with van der Waals surface area (Å²) in [6.07, 6.45) is 7.81. The summed E-state index contributed by atoms with van der Waals surface area (Å²) in [6.45, 7) is 1.46. The average molecular weight is 342 g/mol. The van der Waals surface area contributed by atoms with E-state index in [1.54, 1.807) is 30.4 Å². The summed E-state index contributed by atoms with van der Waals surface area (Å²) in [7, 11) is 0. The molecule has 0 amide bonds. The Morgan fingerprint density at radius 1 is 1.25 bits per heavy atom. The Balaban J connectivity index is 1.61. The third-order valence-electron chi connectivity index (χ3n) is 3.95. The second-order valence-corrected chi connectivity index (χ2v) is 6.65. The Kier molecular flexibility index (Phi) is 4.62. The number of hydrogen-bond acceptors (Lipinski definition) is 6. The van der Waals surface area contributed by atoms with E-state index in [1.807, 2.05) is 24.3 Å². The number of thioether (sulfide) groups is 1. The topological polar surface area (TPSA) is 66.0 Å². The van der Waals surface area contributed by atoms with Crippen LogP contribution in [0.4, 0.5) is 0 Å². The quantitative estimate of drug-likeness (QED) is 0.641. The molecule has 1 aliphatic heterocycles. The molecule has 4 rings (SSSR count). The van der Waals surface area contributed by atoms with Crippen molar-refractivity contribution in [1.82, 2.24) is 19.7 Å². The highest BCUT2D eigenvalue weighted by atomic mass is 32.2. The van der Waals surface area contributed by atoms with Crippen LogP contribution in [0.1, 0.15) is 18.6 Å². The van der Waals surface area contributed by atoms with Crippen molar-refractivity contribution in [3.63, 3.8) is 0 Å². The Bertz CT molecular complexity index is 767. The van der Waals surface area contributed by atoms with Crippen molar-refractivity contribution in [2.45, 2.75) is 30.6 Å². The standard InChI is InChI=1S/C17H18N4O2S/c1-4-13(10-18-7-1)16-19-20-17(24-12-15-6-3-9-23-15)21(16)11-14-5-2-8-22-14/h1-2,4-5,7-8,10,15H,3,6,9,11-12H2. The fourth-order valence-electron chi connectivity index (χ4n) is 2.75. The molecular formula is C17H18N4O2S. The molecule has 124 valence electrons. The van der Waals surface area contributed by atoms with Crippen molar-refractivity contribution in [2.75, 3.05) is 12.4 Å². The van der Waals surface area contributed by atoms with E-state index in [-0.39, 0.29) is 0 Å². The van der Waals surface area contributed by atoms with Gasteiger partial charge in [-0.3, -0.25) is 9.55 Å².